The van der Waals surface area contributed by atoms with E-state index in [1.807, 2.05) is 73.7 Å². The number of carbonyl (C=O) groups is 2. The molecule has 1 unspecified atom stereocenters. The summed E-state index contributed by atoms with van der Waals surface area (Å²) in [6.07, 6.45) is 0. The summed E-state index contributed by atoms with van der Waals surface area (Å²) in [6.45, 7) is 4.27. The van der Waals surface area contributed by atoms with E-state index in [2.05, 4.69) is 21.2 Å². The van der Waals surface area contributed by atoms with Gasteiger partial charge in [-0.2, -0.15) is 0 Å². The van der Waals surface area contributed by atoms with Gasteiger partial charge in [-0.05, 0) is 43.0 Å². The summed E-state index contributed by atoms with van der Waals surface area (Å²) in [5, 5.41) is 4.79. The number of halogens is 1. The lowest BCUT2D eigenvalue weighted by Gasteiger charge is -2.28. The standard InChI is InChI=1S/C24H25BrN2O3/c1-3-26-24(29)17(2)27(15-18-8-6-11-20(25)14-18)23(28)16-30-22-13-7-10-19-9-4-5-12-21(19)22/h4-14,17H,3,15-16H2,1-2H3,(H,26,29). The van der Waals surface area contributed by atoms with E-state index in [4.69, 9.17) is 4.74 Å². The lowest BCUT2D eigenvalue weighted by atomic mass is 10.1. The van der Waals surface area contributed by atoms with Crippen molar-refractivity contribution in [1.29, 1.82) is 0 Å². The van der Waals surface area contributed by atoms with Crippen molar-refractivity contribution in [3.8, 4) is 5.75 Å². The Labute approximate surface area is 185 Å². The number of amides is 2. The smallest absolute Gasteiger partial charge is 0.261 e. The zero-order chi connectivity index (χ0) is 21.5. The van der Waals surface area contributed by atoms with Crippen LogP contribution < -0.4 is 10.1 Å². The molecule has 3 aromatic carbocycles. The van der Waals surface area contributed by atoms with Gasteiger partial charge in [-0.15, -0.1) is 0 Å². The second-order valence-corrected chi connectivity index (χ2v) is 7.90. The normalized spacial score (nSPS) is 11.7. The Morgan fingerprint density at radius 1 is 1.07 bits per heavy atom. The highest BCUT2D eigenvalue weighted by Crippen LogP contribution is 2.25. The predicted molar refractivity (Wildman–Crippen MR) is 122 cm³/mol. The van der Waals surface area contributed by atoms with Crippen LogP contribution in [-0.2, 0) is 16.1 Å². The number of nitrogens with zero attached hydrogens (tertiary/aromatic N) is 1. The first-order valence-corrected chi connectivity index (χ1v) is 10.7. The Bertz CT molecular complexity index is 1030. The number of hydrogen-bond donors (Lipinski definition) is 1. The van der Waals surface area contributed by atoms with Crippen LogP contribution in [0, 0.1) is 0 Å². The molecule has 0 spiro atoms. The van der Waals surface area contributed by atoms with Gasteiger partial charge in [0.2, 0.25) is 5.91 Å². The van der Waals surface area contributed by atoms with Crippen molar-refractivity contribution >= 4 is 38.5 Å². The van der Waals surface area contributed by atoms with Gasteiger partial charge in [0, 0.05) is 22.9 Å². The maximum Gasteiger partial charge on any atom is 0.261 e. The number of benzene rings is 3. The second kappa shape index (κ2) is 10.3. The molecule has 0 bridgehead atoms. The molecule has 0 heterocycles. The first kappa shape index (κ1) is 21.8. The van der Waals surface area contributed by atoms with Gasteiger partial charge in [0.05, 0.1) is 0 Å². The summed E-state index contributed by atoms with van der Waals surface area (Å²) < 4.78 is 6.80. The predicted octanol–water partition coefficient (Wildman–Crippen LogP) is 4.53. The van der Waals surface area contributed by atoms with E-state index in [9.17, 15) is 9.59 Å². The van der Waals surface area contributed by atoms with Crippen LogP contribution in [0.1, 0.15) is 19.4 Å². The number of ether oxygens (including phenoxy) is 1. The third-order valence-corrected chi connectivity index (χ3v) is 5.35. The van der Waals surface area contributed by atoms with E-state index in [0.717, 1.165) is 20.8 Å². The highest BCUT2D eigenvalue weighted by molar-refractivity contribution is 9.10. The molecule has 0 saturated heterocycles. The molecule has 30 heavy (non-hydrogen) atoms. The molecule has 0 aliphatic rings. The van der Waals surface area contributed by atoms with Gasteiger partial charge in [0.15, 0.2) is 6.61 Å². The number of nitrogens with one attached hydrogen (secondary N) is 1. The zero-order valence-corrected chi connectivity index (χ0v) is 18.7. The van der Waals surface area contributed by atoms with E-state index in [1.54, 1.807) is 11.8 Å². The van der Waals surface area contributed by atoms with E-state index < -0.39 is 6.04 Å². The van der Waals surface area contributed by atoms with E-state index in [0.29, 0.717) is 18.8 Å². The molecule has 0 fully saturated rings. The first-order chi connectivity index (χ1) is 14.5. The Morgan fingerprint density at radius 2 is 1.80 bits per heavy atom. The Balaban J connectivity index is 1.79. The maximum absolute atomic E-state index is 13.1. The molecule has 0 saturated carbocycles. The Hall–Kier alpha value is -2.86. The number of rotatable bonds is 8. The summed E-state index contributed by atoms with van der Waals surface area (Å²) >= 11 is 3.46. The van der Waals surface area contributed by atoms with Crippen LogP contribution >= 0.6 is 15.9 Å². The molecule has 3 rings (SSSR count). The van der Waals surface area contributed by atoms with Crippen molar-refractivity contribution in [2.75, 3.05) is 13.2 Å². The lowest BCUT2D eigenvalue weighted by Crippen LogP contribution is -2.49. The van der Waals surface area contributed by atoms with Gasteiger partial charge in [-0.25, -0.2) is 0 Å². The topological polar surface area (TPSA) is 58.6 Å². The molecule has 0 aliphatic heterocycles. The van der Waals surface area contributed by atoms with Crippen molar-refractivity contribution in [3.05, 3.63) is 76.8 Å². The van der Waals surface area contributed by atoms with Crippen molar-refractivity contribution in [1.82, 2.24) is 10.2 Å². The minimum Gasteiger partial charge on any atom is -0.483 e. The fourth-order valence-corrected chi connectivity index (χ4v) is 3.73. The van der Waals surface area contributed by atoms with E-state index in [1.165, 1.54) is 0 Å². The summed E-state index contributed by atoms with van der Waals surface area (Å²) in [5.41, 5.74) is 0.930. The minimum absolute atomic E-state index is 0.147. The molecule has 5 nitrogen and oxygen atoms in total. The van der Waals surface area contributed by atoms with Crippen LogP contribution in [0.2, 0.25) is 0 Å². The van der Waals surface area contributed by atoms with Crippen LogP contribution in [0.25, 0.3) is 10.8 Å². The van der Waals surface area contributed by atoms with Crippen LogP contribution in [0.15, 0.2) is 71.2 Å². The van der Waals surface area contributed by atoms with E-state index >= 15 is 0 Å². The summed E-state index contributed by atoms with van der Waals surface area (Å²) in [4.78, 5) is 27.1. The summed E-state index contributed by atoms with van der Waals surface area (Å²) in [7, 11) is 0. The molecule has 1 atom stereocenters. The molecule has 1 N–H and O–H groups in total. The summed E-state index contributed by atoms with van der Waals surface area (Å²) in [5.74, 6) is 0.210. The van der Waals surface area contributed by atoms with Crippen molar-refractivity contribution in [2.24, 2.45) is 0 Å². The third kappa shape index (κ3) is 5.39. The highest BCUT2D eigenvalue weighted by atomic mass is 79.9. The van der Waals surface area contributed by atoms with Crippen molar-refractivity contribution in [2.45, 2.75) is 26.4 Å². The molecular weight excluding hydrogens is 444 g/mol. The molecular formula is C24H25BrN2O3. The van der Waals surface area contributed by atoms with Crippen molar-refractivity contribution < 1.29 is 14.3 Å². The van der Waals surface area contributed by atoms with Crippen LogP contribution in [-0.4, -0.2) is 35.9 Å². The van der Waals surface area contributed by atoms with Crippen LogP contribution in [0.3, 0.4) is 0 Å². The summed E-state index contributed by atoms with van der Waals surface area (Å²) in [6, 6.07) is 20.7. The SMILES string of the molecule is CCNC(=O)C(C)N(Cc1cccc(Br)c1)C(=O)COc1cccc2ccccc12. The molecule has 3 aromatic rings. The fourth-order valence-electron chi connectivity index (χ4n) is 3.28. The van der Waals surface area contributed by atoms with Gasteiger partial charge in [0.1, 0.15) is 11.8 Å². The maximum atomic E-state index is 13.1. The highest BCUT2D eigenvalue weighted by Gasteiger charge is 2.26. The fraction of sp³-hybridized carbons (Fsp3) is 0.250. The largest absolute Gasteiger partial charge is 0.483 e. The molecule has 0 aromatic heterocycles. The third-order valence-electron chi connectivity index (χ3n) is 4.86. The van der Waals surface area contributed by atoms with Gasteiger partial charge in [-0.1, -0.05) is 64.5 Å². The molecule has 0 aliphatic carbocycles. The number of fused-ring (bicyclic) bond motifs is 1. The molecule has 6 heteroatoms. The monoisotopic (exact) mass is 468 g/mol. The zero-order valence-electron chi connectivity index (χ0n) is 17.1. The van der Waals surface area contributed by atoms with Gasteiger partial charge < -0.3 is 15.0 Å². The average Bonchev–Trinajstić information content (AvgIpc) is 2.75. The molecule has 156 valence electrons. The van der Waals surface area contributed by atoms with E-state index in [-0.39, 0.29) is 18.4 Å². The van der Waals surface area contributed by atoms with Gasteiger partial charge in [0.25, 0.3) is 5.91 Å². The molecule has 2 amide bonds. The number of hydrogen-bond acceptors (Lipinski definition) is 3. The lowest BCUT2D eigenvalue weighted by molar-refractivity contribution is -0.142. The van der Waals surface area contributed by atoms with Crippen LogP contribution in [0.4, 0.5) is 0 Å². The van der Waals surface area contributed by atoms with Gasteiger partial charge in [-0.3, -0.25) is 9.59 Å². The molecule has 0 radical (unpaired) electrons. The Morgan fingerprint density at radius 3 is 2.57 bits per heavy atom. The van der Waals surface area contributed by atoms with Crippen molar-refractivity contribution in [3.63, 3.8) is 0 Å². The first-order valence-electron chi connectivity index (χ1n) is 9.91. The second-order valence-electron chi connectivity index (χ2n) is 6.99. The number of likely N-dealkylation sites (N-methyl/N-ethyl adjacent to an activating group) is 1. The van der Waals surface area contributed by atoms with Crippen LogP contribution in [0.5, 0.6) is 5.75 Å². The quantitative estimate of drug-likeness (QED) is 0.527. The number of carbonyl (C=O) groups excluding carboxylic acids is 2. The Kier molecular flexibility index (Phi) is 7.46. The average molecular weight is 469 g/mol. The minimum atomic E-state index is -0.618. The van der Waals surface area contributed by atoms with Gasteiger partial charge >= 0.3 is 0 Å².